The van der Waals surface area contributed by atoms with Crippen molar-refractivity contribution in [3.63, 3.8) is 0 Å². The normalized spacial score (nSPS) is 17.3. The Kier molecular flexibility index (Phi) is 3.44. The molecule has 0 spiro atoms. The first-order chi connectivity index (χ1) is 10.1. The first kappa shape index (κ1) is 13.4. The Bertz CT molecular complexity index is 676. The molecule has 0 bridgehead atoms. The van der Waals surface area contributed by atoms with Gasteiger partial charge in [-0.05, 0) is 29.8 Å². The standard InChI is InChI=1S/C17H16N2O2/c1-19(2)14-10-8-12(9-11-14)15-17(20)21-16(18-15)13-6-4-3-5-7-13/h3-11,15H,1-2H3. The Hall–Kier alpha value is -2.62. The third-order valence-corrected chi connectivity index (χ3v) is 3.41. The fourth-order valence-electron chi connectivity index (χ4n) is 2.23. The summed E-state index contributed by atoms with van der Waals surface area (Å²) in [5, 5.41) is 0. The zero-order valence-corrected chi connectivity index (χ0v) is 12.0. The maximum absolute atomic E-state index is 12.0. The van der Waals surface area contributed by atoms with Gasteiger partial charge in [-0.3, -0.25) is 0 Å². The summed E-state index contributed by atoms with van der Waals surface area (Å²) in [6.45, 7) is 0. The van der Waals surface area contributed by atoms with Crippen molar-refractivity contribution in [2.24, 2.45) is 4.99 Å². The molecule has 4 nitrogen and oxygen atoms in total. The van der Waals surface area contributed by atoms with Gasteiger partial charge in [-0.2, -0.15) is 0 Å². The molecule has 1 atom stereocenters. The highest BCUT2D eigenvalue weighted by molar-refractivity contribution is 6.06. The molecule has 1 unspecified atom stereocenters. The average molecular weight is 280 g/mol. The van der Waals surface area contributed by atoms with Crippen molar-refractivity contribution in [1.82, 2.24) is 0 Å². The molecular weight excluding hydrogens is 264 g/mol. The lowest BCUT2D eigenvalue weighted by molar-refractivity contribution is -0.135. The molecular formula is C17H16N2O2. The van der Waals surface area contributed by atoms with Crippen molar-refractivity contribution in [2.75, 3.05) is 19.0 Å². The van der Waals surface area contributed by atoms with Crippen molar-refractivity contribution < 1.29 is 9.53 Å². The monoisotopic (exact) mass is 280 g/mol. The van der Waals surface area contributed by atoms with Gasteiger partial charge in [0.15, 0.2) is 6.04 Å². The largest absolute Gasteiger partial charge is 0.405 e. The van der Waals surface area contributed by atoms with Gasteiger partial charge in [-0.25, -0.2) is 9.79 Å². The number of nitrogens with zero attached hydrogens (tertiary/aromatic N) is 2. The van der Waals surface area contributed by atoms with Crippen molar-refractivity contribution >= 4 is 17.6 Å². The number of carbonyl (C=O) groups is 1. The van der Waals surface area contributed by atoms with E-state index >= 15 is 0 Å². The number of hydrogen-bond donors (Lipinski definition) is 0. The summed E-state index contributed by atoms with van der Waals surface area (Å²) in [5.41, 5.74) is 2.74. The molecule has 3 rings (SSSR count). The predicted octanol–water partition coefficient (Wildman–Crippen LogP) is 2.80. The maximum atomic E-state index is 12.0. The van der Waals surface area contributed by atoms with Crippen LogP contribution in [0.4, 0.5) is 5.69 Å². The molecule has 1 aliphatic heterocycles. The number of ether oxygens (including phenoxy) is 1. The highest BCUT2D eigenvalue weighted by Crippen LogP contribution is 2.27. The van der Waals surface area contributed by atoms with Crippen molar-refractivity contribution in [1.29, 1.82) is 0 Å². The summed E-state index contributed by atoms with van der Waals surface area (Å²) in [4.78, 5) is 18.5. The van der Waals surface area contributed by atoms with Gasteiger partial charge in [0.1, 0.15) is 0 Å². The van der Waals surface area contributed by atoms with Gasteiger partial charge >= 0.3 is 5.97 Å². The molecule has 0 amide bonds. The molecule has 0 aliphatic carbocycles. The van der Waals surface area contributed by atoms with Crippen LogP contribution in [0.25, 0.3) is 0 Å². The van der Waals surface area contributed by atoms with Crippen LogP contribution in [0, 0.1) is 0 Å². The number of cyclic esters (lactones) is 1. The number of esters is 1. The molecule has 0 radical (unpaired) electrons. The van der Waals surface area contributed by atoms with E-state index in [0.717, 1.165) is 16.8 Å². The second-order valence-electron chi connectivity index (χ2n) is 5.11. The quantitative estimate of drug-likeness (QED) is 0.812. The van der Waals surface area contributed by atoms with Gasteiger partial charge in [-0.1, -0.05) is 30.3 Å². The fourth-order valence-corrected chi connectivity index (χ4v) is 2.23. The number of hydrogen-bond acceptors (Lipinski definition) is 4. The van der Waals surface area contributed by atoms with Gasteiger partial charge in [0, 0.05) is 25.3 Å². The van der Waals surface area contributed by atoms with Crippen LogP contribution in [-0.2, 0) is 9.53 Å². The lowest BCUT2D eigenvalue weighted by atomic mass is 10.1. The smallest absolute Gasteiger partial charge is 0.342 e. The number of rotatable bonds is 3. The van der Waals surface area contributed by atoms with E-state index in [4.69, 9.17) is 4.74 Å². The second-order valence-corrected chi connectivity index (χ2v) is 5.11. The summed E-state index contributed by atoms with van der Waals surface area (Å²) >= 11 is 0. The first-order valence-electron chi connectivity index (χ1n) is 6.77. The molecule has 1 heterocycles. The lowest BCUT2D eigenvalue weighted by Gasteiger charge is -2.13. The number of aliphatic imine (C=N–C) groups is 1. The zero-order chi connectivity index (χ0) is 14.8. The van der Waals surface area contributed by atoms with E-state index in [2.05, 4.69) is 4.99 Å². The van der Waals surface area contributed by atoms with Crippen LogP contribution in [-0.4, -0.2) is 26.0 Å². The molecule has 4 heteroatoms. The third-order valence-electron chi connectivity index (χ3n) is 3.41. The van der Waals surface area contributed by atoms with Gasteiger partial charge in [0.2, 0.25) is 5.90 Å². The molecule has 2 aromatic carbocycles. The van der Waals surface area contributed by atoms with Gasteiger partial charge in [-0.15, -0.1) is 0 Å². The van der Waals surface area contributed by atoms with Crippen LogP contribution < -0.4 is 4.90 Å². The molecule has 0 aromatic heterocycles. The number of carbonyl (C=O) groups excluding carboxylic acids is 1. The van der Waals surface area contributed by atoms with Crippen LogP contribution >= 0.6 is 0 Å². The minimum Gasteiger partial charge on any atom is -0.405 e. The van der Waals surface area contributed by atoms with E-state index in [-0.39, 0.29) is 5.97 Å². The highest BCUT2D eigenvalue weighted by Gasteiger charge is 2.31. The number of benzene rings is 2. The van der Waals surface area contributed by atoms with E-state index in [1.165, 1.54) is 0 Å². The van der Waals surface area contributed by atoms with E-state index in [0.29, 0.717) is 5.90 Å². The molecule has 2 aromatic rings. The Morgan fingerprint density at radius 1 is 1.00 bits per heavy atom. The second kappa shape index (κ2) is 5.40. The molecule has 0 saturated heterocycles. The minimum atomic E-state index is -0.573. The molecule has 0 saturated carbocycles. The average Bonchev–Trinajstić information content (AvgIpc) is 2.90. The molecule has 0 N–H and O–H groups in total. The van der Waals surface area contributed by atoms with Crippen molar-refractivity contribution in [3.05, 3.63) is 65.7 Å². The van der Waals surface area contributed by atoms with Gasteiger partial charge in [0.05, 0.1) is 0 Å². The fraction of sp³-hybridized carbons (Fsp3) is 0.176. The number of anilines is 1. The van der Waals surface area contributed by atoms with E-state index in [1.807, 2.05) is 73.6 Å². The van der Waals surface area contributed by atoms with Crippen LogP contribution in [0.3, 0.4) is 0 Å². The summed E-state index contributed by atoms with van der Waals surface area (Å²) < 4.78 is 5.29. The molecule has 0 fully saturated rings. The maximum Gasteiger partial charge on any atom is 0.342 e. The van der Waals surface area contributed by atoms with Gasteiger partial charge < -0.3 is 9.64 Å². The predicted molar refractivity (Wildman–Crippen MR) is 82.6 cm³/mol. The van der Waals surface area contributed by atoms with Crippen LogP contribution in [0.1, 0.15) is 17.2 Å². The van der Waals surface area contributed by atoms with Crippen molar-refractivity contribution in [2.45, 2.75) is 6.04 Å². The Labute approximate surface area is 123 Å². The van der Waals surface area contributed by atoms with Crippen molar-refractivity contribution in [3.8, 4) is 0 Å². The van der Waals surface area contributed by atoms with Crippen LogP contribution in [0.15, 0.2) is 59.6 Å². The van der Waals surface area contributed by atoms with E-state index in [9.17, 15) is 4.79 Å². The van der Waals surface area contributed by atoms with E-state index in [1.54, 1.807) is 0 Å². The summed E-state index contributed by atoms with van der Waals surface area (Å²) in [6.07, 6.45) is 0. The Morgan fingerprint density at radius 3 is 2.29 bits per heavy atom. The third kappa shape index (κ3) is 2.65. The van der Waals surface area contributed by atoms with E-state index < -0.39 is 6.04 Å². The lowest BCUT2D eigenvalue weighted by Crippen LogP contribution is -2.10. The zero-order valence-electron chi connectivity index (χ0n) is 12.0. The highest BCUT2D eigenvalue weighted by atomic mass is 16.6. The topological polar surface area (TPSA) is 41.9 Å². The minimum absolute atomic E-state index is 0.327. The summed E-state index contributed by atoms with van der Waals surface area (Å²) in [7, 11) is 3.95. The molecule has 1 aliphatic rings. The summed E-state index contributed by atoms with van der Waals surface area (Å²) in [6, 6.07) is 16.7. The Morgan fingerprint density at radius 2 is 1.67 bits per heavy atom. The van der Waals surface area contributed by atoms with Crippen LogP contribution in [0.5, 0.6) is 0 Å². The molecule has 21 heavy (non-hydrogen) atoms. The first-order valence-corrected chi connectivity index (χ1v) is 6.77. The van der Waals surface area contributed by atoms with Crippen LogP contribution in [0.2, 0.25) is 0 Å². The molecule has 106 valence electrons. The Balaban J connectivity index is 1.88. The SMILES string of the molecule is CN(C)c1ccc(C2N=C(c3ccccc3)OC2=O)cc1. The summed E-state index contributed by atoms with van der Waals surface area (Å²) in [5.74, 6) is 0.0637. The van der Waals surface area contributed by atoms with Gasteiger partial charge in [0.25, 0.3) is 0 Å².